The molecule has 1 aromatic heterocycles. The van der Waals surface area contributed by atoms with Crippen molar-refractivity contribution in [3.05, 3.63) is 57.3 Å². The van der Waals surface area contributed by atoms with E-state index in [1.54, 1.807) is 11.3 Å². The molecule has 0 spiro atoms. The predicted molar refractivity (Wildman–Crippen MR) is 97.2 cm³/mol. The van der Waals surface area contributed by atoms with Crippen LogP contribution in [0, 0.1) is 0 Å². The van der Waals surface area contributed by atoms with E-state index in [0.29, 0.717) is 25.9 Å². The maximum Gasteiger partial charge on any atom is 0.314 e. The highest BCUT2D eigenvalue weighted by Gasteiger charge is 2.44. The Labute approximate surface area is 151 Å². The number of carbonyl (C=O) groups is 2. The lowest BCUT2D eigenvalue weighted by molar-refractivity contribution is -0.145. The number of rotatable bonds is 3. The molecule has 1 saturated heterocycles. The van der Waals surface area contributed by atoms with Crippen molar-refractivity contribution in [2.75, 3.05) is 13.1 Å². The van der Waals surface area contributed by atoms with Gasteiger partial charge in [-0.1, -0.05) is 30.3 Å². The van der Waals surface area contributed by atoms with Gasteiger partial charge < -0.3 is 10.0 Å². The number of aliphatic carboxylic acids is 1. The van der Waals surface area contributed by atoms with Crippen LogP contribution in [-0.2, 0) is 23.1 Å². The van der Waals surface area contributed by atoms with Crippen LogP contribution in [-0.4, -0.2) is 35.0 Å². The maximum absolute atomic E-state index is 12.8. The van der Waals surface area contributed by atoms with Gasteiger partial charge in [0, 0.05) is 18.0 Å². The van der Waals surface area contributed by atoms with Gasteiger partial charge in [0.1, 0.15) is 0 Å². The van der Waals surface area contributed by atoms with Crippen LogP contribution in [0.5, 0.6) is 0 Å². The van der Waals surface area contributed by atoms with Crippen molar-refractivity contribution >= 4 is 23.2 Å². The van der Waals surface area contributed by atoms with Crippen LogP contribution in [0.25, 0.3) is 0 Å². The number of carboxylic acids is 1. The summed E-state index contributed by atoms with van der Waals surface area (Å²) in [7, 11) is 0. The van der Waals surface area contributed by atoms with Crippen LogP contribution in [0.4, 0.5) is 0 Å². The lowest BCUT2D eigenvalue weighted by atomic mass is 9.73. The number of amides is 1. The van der Waals surface area contributed by atoms with Crippen LogP contribution in [0.3, 0.4) is 0 Å². The molecule has 0 radical (unpaired) electrons. The van der Waals surface area contributed by atoms with Crippen LogP contribution in [0.2, 0.25) is 0 Å². The average molecular weight is 355 g/mol. The molecule has 1 amide bonds. The van der Waals surface area contributed by atoms with Crippen molar-refractivity contribution in [2.24, 2.45) is 0 Å². The molecule has 0 bridgehead atoms. The third-order valence-electron chi connectivity index (χ3n) is 5.60. The van der Waals surface area contributed by atoms with Gasteiger partial charge in [0.25, 0.3) is 5.91 Å². The Bertz CT molecular complexity index is 782. The van der Waals surface area contributed by atoms with Crippen LogP contribution in [0.15, 0.2) is 36.4 Å². The summed E-state index contributed by atoms with van der Waals surface area (Å²) in [6, 6.07) is 11.5. The third kappa shape index (κ3) is 2.76. The van der Waals surface area contributed by atoms with Gasteiger partial charge >= 0.3 is 5.97 Å². The van der Waals surface area contributed by atoms with E-state index >= 15 is 0 Å². The molecule has 0 unspecified atom stereocenters. The largest absolute Gasteiger partial charge is 0.481 e. The van der Waals surface area contributed by atoms with Crippen LogP contribution < -0.4 is 0 Å². The minimum atomic E-state index is -0.880. The Morgan fingerprint density at radius 2 is 1.80 bits per heavy atom. The van der Waals surface area contributed by atoms with Crippen LogP contribution in [0.1, 0.15) is 44.9 Å². The molecule has 0 saturated carbocycles. The fourth-order valence-corrected chi connectivity index (χ4v) is 5.29. The highest BCUT2D eigenvalue weighted by Crippen LogP contribution is 2.37. The zero-order valence-corrected chi connectivity index (χ0v) is 14.8. The second-order valence-electron chi connectivity index (χ2n) is 6.96. The predicted octanol–water partition coefficient (Wildman–Crippen LogP) is 3.50. The van der Waals surface area contributed by atoms with Crippen LogP contribution >= 0.6 is 11.3 Å². The number of hydrogen-bond donors (Lipinski definition) is 1. The van der Waals surface area contributed by atoms with E-state index in [1.807, 2.05) is 41.3 Å². The molecule has 1 aliphatic carbocycles. The Balaban J connectivity index is 1.51. The summed E-state index contributed by atoms with van der Waals surface area (Å²) in [6.45, 7) is 0.977. The molecule has 2 heterocycles. The number of piperidine rings is 1. The van der Waals surface area contributed by atoms with Crippen molar-refractivity contribution < 1.29 is 14.7 Å². The minimum absolute atomic E-state index is 0.0615. The second kappa shape index (κ2) is 6.30. The average Bonchev–Trinajstić information content (AvgIpc) is 3.24. The van der Waals surface area contributed by atoms with Gasteiger partial charge in [-0.3, -0.25) is 9.59 Å². The molecule has 4 nitrogen and oxygen atoms in total. The van der Waals surface area contributed by atoms with Gasteiger partial charge in [-0.2, -0.15) is 0 Å². The molecule has 4 rings (SSSR count). The summed E-state index contributed by atoms with van der Waals surface area (Å²) in [5.74, 6) is -0.729. The lowest BCUT2D eigenvalue weighted by Gasteiger charge is -2.39. The molecule has 1 aliphatic heterocycles. The first-order chi connectivity index (χ1) is 12.1. The number of nitrogens with zero attached hydrogens (tertiary/aromatic N) is 1. The zero-order chi connectivity index (χ0) is 17.4. The molecular formula is C20H21NO3S. The molecule has 2 aliphatic rings. The highest BCUT2D eigenvalue weighted by atomic mass is 32.1. The number of hydrogen-bond acceptors (Lipinski definition) is 3. The van der Waals surface area contributed by atoms with Gasteiger partial charge in [0.2, 0.25) is 0 Å². The van der Waals surface area contributed by atoms with Gasteiger partial charge in [-0.25, -0.2) is 0 Å². The molecule has 1 N–H and O–H groups in total. The smallest absolute Gasteiger partial charge is 0.314 e. The number of carbonyl (C=O) groups excluding carboxylic acids is 1. The quantitative estimate of drug-likeness (QED) is 0.917. The second-order valence-corrected chi connectivity index (χ2v) is 8.09. The normalized spacial score (nSPS) is 18.8. The molecule has 1 aromatic carbocycles. The molecule has 130 valence electrons. The van der Waals surface area contributed by atoms with E-state index in [2.05, 4.69) is 0 Å². The molecule has 1 fully saturated rings. The Kier molecular flexibility index (Phi) is 4.12. The van der Waals surface area contributed by atoms with E-state index in [4.69, 9.17) is 0 Å². The molecule has 2 aromatic rings. The van der Waals surface area contributed by atoms with Gasteiger partial charge in [-0.05, 0) is 49.3 Å². The molecular weight excluding hydrogens is 334 g/mol. The summed E-state index contributed by atoms with van der Waals surface area (Å²) in [6.07, 6.45) is 4.28. The number of likely N-dealkylation sites (tertiary alicyclic amines) is 1. The summed E-state index contributed by atoms with van der Waals surface area (Å²) < 4.78 is 0. The summed E-state index contributed by atoms with van der Waals surface area (Å²) in [4.78, 5) is 28.8. The fraction of sp³-hybridized carbons (Fsp3) is 0.400. The zero-order valence-electron chi connectivity index (χ0n) is 14.0. The number of benzene rings is 1. The van der Waals surface area contributed by atoms with Crippen molar-refractivity contribution in [3.8, 4) is 0 Å². The van der Waals surface area contributed by atoms with Gasteiger partial charge in [0.05, 0.1) is 10.3 Å². The Morgan fingerprint density at radius 3 is 2.44 bits per heavy atom. The molecule has 0 atom stereocenters. The van der Waals surface area contributed by atoms with Crippen molar-refractivity contribution in [1.82, 2.24) is 4.90 Å². The first kappa shape index (κ1) is 16.3. The van der Waals surface area contributed by atoms with E-state index in [0.717, 1.165) is 23.3 Å². The SMILES string of the molecule is O=C(c1cc2c(s1)CCC2)N1CCC(C(=O)O)(c2ccccc2)CC1. The van der Waals surface area contributed by atoms with Crippen molar-refractivity contribution in [2.45, 2.75) is 37.5 Å². The topological polar surface area (TPSA) is 57.6 Å². The van der Waals surface area contributed by atoms with Gasteiger partial charge in [0.15, 0.2) is 0 Å². The summed E-state index contributed by atoms with van der Waals surface area (Å²) >= 11 is 1.62. The lowest BCUT2D eigenvalue weighted by Crippen LogP contribution is -2.49. The van der Waals surface area contributed by atoms with E-state index in [-0.39, 0.29) is 5.91 Å². The van der Waals surface area contributed by atoms with E-state index in [1.165, 1.54) is 16.9 Å². The molecule has 25 heavy (non-hydrogen) atoms. The third-order valence-corrected chi connectivity index (χ3v) is 6.82. The maximum atomic E-state index is 12.8. The van der Waals surface area contributed by atoms with E-state index < -0.39 is 11.4 Å². The Hall–Kier alpha value is -2.14. The minimum Gasteiger partial charge on any atom is -0.481 e. The fourth-order valence-electron chi connectivity index (χ4n) is 4.07. The highest BCUT2D eigenvalue weighted by molar-refractivity contribution is 7.14. The summed E-state index contributed by atoms with van der Waals surface area (Å²) in [5, 5.41) is 9.86. The number of carboxylic acid groups (broad SMARTS) is 1. The first-order valence-electron chi connectivity index (χ1n) is 8.80. The number of fused-ring (bicyclic) bond motifs is 1. The standard InChI is InChI=1S/C20H21NO3S/c22-18(17-13-14-5-4-8-16(14)25-17)21-11-9-20(10-12-21,19(23)24)15-6-2-1-3-7-15/h1-3,6-7,13H,4-5,8-12H2,(H,23,24). The van der Waals surface area contributed by atoms with Crippen molar-refractivity contribution in [1.29, 1.82) is 0 Å². The number of aryl methyl sites for hydroxylation is 2. The van der Waals surface area contributed by atoms with Crippen molar-refractivity contribution in [3.63, 3.8) is 0 Å². The monoisotopic (exact) mass is 355 g/mol. The Morgan fingerprint density at radius 1 is 1.08 bits per heavy atom. The van der Waals surface area contributed by atoms with E-state index in [9.17, 15) is 14.7 Å². The number of thiophene rings is 1. The molecule has 5 heteroatoms. The first-order valence-corrected chi connectivity index (χ1v) is 9.61. The summed E-state index contributed by atoms with van der Waals surface area (Å²) in [5.41, 5.74) is 1.29. The van der Waals surface area contributed by atoms with Gasteiger partial charge in [-0.15, -0.1) is 11.3 Å².